The second-order valence-electron chi connectivity index (χ2n) is 6.56. The topological polar surface area (TPSA) is 95.9 Å². The molecule has 3 N–H and O–H groups in total. The molecule has 1 aliphatic carbocycles. The third-order valence-corrected chi connectivity index (χ3v) is 4.21. The van der Waals surface area contributed by atoms with E-state index in [9.17, 15) is 18.0 Å². The first-order valence-corrected chi connectivity index (χ1v) is 9.13. The van der Waals surface area contributed by atoms with Crippen molar-refractivity contribution in [2.24, 2.45) is 5.92 Å². The number of benzene rings is 1. The minimum absolute atomic E-state index is 0.171. The van der Waals surface area contributed by atoms with Gasteiger partial charge >= 0.3 is 18.1 Å². The Morgan fingerprint density at radius 2 is 1.79 bits per heavy atom. The summed E-state index contributed by atoms with van der Waals surface area (Å²) in [6.45, 7) is 2.15. The predicted molar refractivity (Wildman–Crippen MR) is 96.4 cm³/mol. The van der Waals surface area contributed by atoms with Crippen LogP contribution in [0, 0.1) is 5.92 Å². The van der Waals surface area contributed by atoms with Crippen LogP contribution in [0.5, 0.6) is 5.75 Å². The maximum absolute atomic E-state index is 10.6. The lowest BCUT2D eigenvalue weighted by molar-refractivity contribution is -0.192. The Morgan fingerprint density at radius 3 is 2.36 bits per heavy atom. The standard InChI is InChI=1S/C17H25NO3.C2HF3O2/c19-17(20)9-11-18-10-8-14-6-3-7-16(12-14)21-13-15-4-1-2-5-15;3-2(4,5)1(6)7/h3,6-7,12,15,18H,1-2,4-5,8-11,13H2,(H,19,20);(H,6,7). The highest BCUT2D eigenvalue weighted by Gasteiger charge is 2.38. The summed E-state index contributed by atoms with van der Waals surface area (Å²) < 4.78 is 37.6. The summed E-state index contributed by atoms with van der Waals surface area (Å²) in [7, 11) is 0. The van der Waals surface area contributed by atoms with Crippen LogP contribution in [0.1, 0.15) is 37.7 Å². The van der Waals surface area contributed by atoms with Gasteiger partial charge in [-0.2, -0.15) is 13.2 Å². The van der Waals surface area contributed by atoms with E-state index in [1.165, 1.54) is 31.2 Å². The van der Waals surface area contributed by atoms with Crippen molar-refractivity contribution in [1.82, 2.24) is 5.32 Å². The molecular weight excluding hydrogens is 379 g/mol. The van der Waals surface area contributed by atoms with E-state index in [4.69, 9.17) is 19.7 Å². The minimum atomic E-state index is -5.08. The van der Waals surface area contributed by atoms with E-state index in [1.54, 1.807) is 0 Å². The number of ether oxygens (including phenoxy) is 1. The lowest BCUT2D eigenvalue weighted by Gasteiger charge is -2.12. The number of carboxylic acid groups (broad SMARTS) is 2. The molecule has 0 amide bonds. The number of rotatable bonds is 9. The highest BCUT2D eigenvalue weighted by molar-refractivity contribution is 5.73. The fourth-order valence-electron chi connectivity index (χ4n) is 2.73. The van der Waals surface area contributed by atoms with Gasteiger partial charge < -0.3 is 20.3 Å². The molecule has 158 valence electrons. The molecule has 1 aromatic carbocycles. The van der Waals surface area contributed by atoms with E-state index in [0.29, 0.717) is 6.54 Å². The summed E-state index contributed by atoms with van der Waals surface area (Å²) in [5.74, 6) is -1.84. The quantitative estimate of drug-likeness (QED) is 0.545. The summed E-state index contributed by atoms with van der Waals surface area (Å²) in [4.78, 5) is 19.3. The van der Waals surface area contributed by atoms with E-state index < -0.39 is 18.1 Å². The first-order valence-electron chi connectivity index (χ1n) is 9.13. The summed E-state index contributed by atoms with van der Waals surface area (Å²) >= 11 is 0. The largest absolute Gasteiger partial charge is 0.493 e. The fourth-order valence-corrected chi connectivity index (χ4v) is 2.73. The van der Waals surface area contributed by atoms with Crippen LogP contribution in [-0.2, 0) is 16.0 Å². The van der Waals surface area contributed by atoms with E-state index in [1.807, 2.05) is 12.1 Å². The molecule has 0 saturated heterocycles. The number of halogens is 3. The van der Waals surface area contributed by atoms with Gasteiger partial charge in [0.2, 0.25) is 0 Å². The highest BCUT2D eigenvalue weighted by atomic mass is 19.4. The van der Waals surface area contributed by atoms with Crippen molar-refractivity contribution in [2.75, 3.05) is 19.7 Å². The highest BCUT2D eigenvalue weighted by Crippen LogP contribution is 2.25. The second kappa shape index (κ2) is 12.2. The zero-order valence-corrected chi connectivity index (χ0v) is 15.5. The van der Waals surface area contributed by atoms with Crippen molar-refractivity contribution in [3.8, 4) is 5.75 Å². The zero-order valence-electron chi connectivity index (χ0n) is 15.5. The molecule has 0 radical (unpaired) electrons. The summed E-state index contributed by atoms with van der Waals surface area (Å²) in [5, 5.41) is 18.8. The summed E-state index contributed by atoms with van der Waals surface area (Å²) in [6.07, 6.45) is 1.26. The molecule has 0 bridgehead atoms. The molecule has 0 atom stereocenters. The normalized spacial score (nSPS) is 14.2. The molecule has 0 aliphatic heterocycles. The van der Waals surface area contributed by atoms with Crippen LogP contribution >= 0.6 is 0 Å². The molecule has 1 aromatic rings. The average molecular weight is 405 g/mol. The van der Waals surface area contributed by atoms with E-state index in [-0.39, 0.29) is 6.42 Å². The van der Waals surface area contributed by atoms with Crippen LogP contribution in [-0.4, -0.2) is 48.0 Å². The Kier molecular flexibility index (Phi) is 10.4. The predicted octanol–water partition coefficient (Wildman–Crippen LogP) is 3.50. The molecule has 1 fully saturated rings. The van der Waals surface area contributed by atoms with Crippen molar-refractivity contribution in [1.29, 1.82) is 0 Å². The summed E-state index contributed by atoms with van der Waals surface area (Å²) in [5.41, 5.74) is 1.22. The molecular formula is C19H26F3NO5. The molecule has 1 aliphatic rings. The molecule has 28 heavy (non-hydrogen) atoms. The van der Waals surface area contributed by atoms with E-state index in [0.717, 1.165) is 31.2 Å². The van der Waals surface area contributed by atoms with Gasteiger partial charge in [0, 0.05) is 6.54 Å². The number of alkyl halides is 3. The van der Waals surface area contributed by atoms with Gasteiger partial charge in [-0.3, -0.25) is 4.79 Å². The monoisotopic (exact) mass is 405 g/mol. The SMILES string of the molecule is O=C(O)C(F)(F)F.O=C(O)CCNCCc1cccc(OCC2CCCC2)c1. The van der Waals surface area contributed by atoms with Crippen LogP contribution in [0.3, 0.4) is 0 Å². The number of carbonyl (C=O) groups is 2. The number of nitrogens with one attached hydrogen (secondary N) is 1. The number of carboxylic acids is 2. The van der Waals surface area contributed by atoms with Gasteiger partial charge in [-0.15, -0.1) is 0 Å². The minimum Gasteiger partial charge on any atom is -0.493 e. The van der Waals surface area contributed by atoms with E-state index in [2.05, 4.69) is 17.4 Å². The molecule has 0 unspecified atom stereocenters. The lowest BCUT2D eigenvalue weighted by Crippen LogP contribution is -2.21. The molecule has 0 aromatic heterocycles. The van der Waals surface area contributed by atoms with Crippen LogP contribution in [0.2, 0.25) is 0 Å². The third-order valence-electron chi connectivity index (χ3n) is 4.21. The number of hydrogen-bond acceptors (Lipinski definition) is 4. The maximum atomic E-state index is 10.6. The maximum Gasteiger partial charge on any atom is 0.490 e. The first-order chi connectivity index (χ1) is 13.2. The van der Waals surface area contributed by atoms with Crippen LogP contribution in [0.4, 0.5) is 13.2 Å². The van der Waals surface area contributed by atoms with Crippen molar-refractivity contribution < 1.29 is 37.7 Å². The molecule has 9 heteroatoms. The molecule has 0 spiro atoms. The lowest BCUT2D eigenvalue weighted by atomic mass is 10.1. The Morgan fingerprint density at radius 1 is 1.14 bits per heavy atom. The second-order valence-corrected chi connectivity index (χ2v) is 6.56. The Balaban J connectivity index is 0.000000480. The molecule has 6 nitrogen and oxygen atoms in total. The smallest absolute Gasteiger partial charge is 0.490 e. The number of hydrogen-bond donors (Lipinski definition) is 3. The van der Waals surface area contributed by atoms with Crippen molar-refractivity contribution in [3.63, 3.8) is 0 Å². The van der Waals surface area contributed by atoms with Gasteiger partial charge in [0.25, 0.3) is 0 Å². The molecule has 1 saturated carbocycles. The summed E-state index contributed by atoms with van der Waals surface area (Å²) in [6, 6.07) is 8.21. The first kappa shape index (κ1) is 23.7. The van der Waals surface area contributed by atoms with Crippen molar-refractivity contribution in [3.05, 3.63) is 29.8 Å². The third kappa shape index (κ3) is 10.8. The van der Waals surface area contributed by atoms with Crippen LogP contribution in [0.15, 0.2) is 24.3 Å². The molecule has 0 heterocycles. The average Bonchev–Trinajstić information content (AvgIpc) is 3.13. The Hall–Kier alpha value is -2.29. The van der Waals surface area contributed by atoms with E-state index >= 15 is 0 Å². The van der Waals surface area contributed by atoms with Gasteiger partial charge in [0.1, 0.15) is 5.75 Å². The van der Waals surface area contributed by atoms with Gasteiger partial charge in [0.05, 0.1) is 13.0 Å². The molecule has 2 rings (SSSR count). The number of aliphatic carboxylic acids is 2. The van der Waals surface area contributed by atoms with Gasteiger partial charge in [-0.1, -0.05) is 25.0 Å². The van der Waals surface area contributed by atoms with Gasteiger partial charge in [-0.25, -0.2) is 4.79 Å². The van der Waals surface area contributed by atoms with Crippen LogP contribution < -0.4 is 10.1 Å². The van der Waals surface area contributed by atoms with Gasteiger partial charge in [-0.05, 0) is 49.4 Å². The Labute approximate surface area is 161 Å². The Bertz CT molecular complexity index is 616. The van der Waals surface area contributed by atoms with Crippen LogP contribution in [0.25, 0.3) is 0 Å². The zero-order chi connectivity index (χ0) is 21.0. The fraction of sp³-hybridized carbons (Fsp3) is 0.579. The van der Waals surface area contributed by atoms with Gasteiger partial charge in [0.15, 0.2) is 0 Å². The van der Waals surface area contributed by atoms with Crippen molar-refractivity contribution >= 4 is 11.9 Å². The van der Waals surface area contributed by atoms with Crippen molar-refractivity contribution in [2.45, 2.75) is 44.7 Å².